The van der Waals surface area contributed by atoms with Crippen LogP contribution in [-0.4, -0.2) is 17.4 Å². The van der Waals surface area contributed by atoms with E-state index in [9.17, 15) is 14.9 Å². The Morgan fingerprint density at radius 1 is 1.29 bits per heavy atom. The lowest BCUT2D eigenvalue weighted by Crippen LogP contribution is -2.24. The fourth-order valence-corrected chi connectivity index (χ4v) is 2.45. The molecule has 0 atom stereocenters. The van der Waals surface area contributed by atoms with Gasteiger partial charge in [-0.3, -0.25) is 14.9 Å². The van der Waals surface area contributed by atoms with Gasteiger partial charge < -0.3 is 11.1 Å². The lowest BCUT2D eigenvalue weighted by molar-refractivity contribution is -0.384. The van der Waals surface area contributed by atoms with Crippen molar-refractivity contribution >= 4 is 17.3 Å². The molecule has 1 amide bonds. The molecule has 0 unspecified atom stereocenters. The summed E-state index contributed by atoms with van der Waals surface area (Å²) in [4.78, 5) is 21.7. The summed E-state index contributed by atoms with van der Waals surface area (Å²) in [6.07, 6.45) is 0. The second-order valence-electron chi connectivity index (χ2n) is 5.89. The molecule has 0 spiro atoms. The van der Waals surface area contributed by atoms with Crippen molar-refractivity contribution in [3.05, 3.63) is 33.9 Å². The number of carbonyl (C=O) groups is 1. The highest BCUT2D eigenvalue weighted by Gasteiger charge is 2.20. The topological polar surface area (TPSA) is 98.3 Å². The number of anilines is 1. The Balaban J connectivity index is 2.97. The van der Waals surface area contributed by atoms with Gasteiger partial charge in [0.2, 0.25) is 5.91 Å². The van der Waals surface area contributed by atoms with Gasteiger partial charge in [0, 0.05) is 18.2 Å². The van der Waals surface area contributed by atoms with Crippen LogP contribution in [0.3, 0.4) is 0 Å². The fraction of sp³-hybridized carbons (Fsp3) is 0.533. The number of nitrogens with one attached hydrogen (secondary N) is 1. The Kier molecular flexibility index (Phi) is 5.69. The second kappa shape index (κ2) is 7.06. The number of nitrogens with zero attached hydrogens (tertiary/aromatic N) is 1. The minimum atomic E-state index is -0.674. The number of nitro benzene ring substituents is 1. The first-order valence-electron chi connectivity index (χ1n) is 7.06. The fourth-order valence-electron chi connectivity index (χ4n) is 2.45. The zero-order valence-corrected chi connectivity index (χ0v) is 12.9. The molecule has 6 heteroatoms. The summed E-state index contributed by atoms with van der Waals surface area (Å²) in [5, 5.41) is 14.3. The zero-order chi connectivity index (χ0) is 16.2. The largest absolute Gasteiger partial charge is 0.379 e. The van der Waals surface area contributed by atoms with Crippen LogP contribution in [0.15, 0.2) is 18.2 Å². The Hall–Kier alpha value is -2.11. The van der Waals surface area contributed by atoms with Crippen LogP contribution in [0.1, 0.15) is 38.1 Å². The van der Waals surface area contributed by atoms with E-state index in [1.807, 2.05) is 0 Å². The van der Waals surface area contributed by atoms with Crippen LogP contribution < -0.4 is 11.1 Å². The van der Waals surface area contributed by atoms with Crippen LogP contribution in [0.4, 0.5) is 11.4 Å². The molecule has 0 aliphatic heterocycles. The number of carbonyl (C=O) groups excluding carboxylic acids is 1. The van der Waals surface area contributed by atoms with Crippen LogP contribution in [0, 0.1) is 27.9 Å². The number of rotatable bonds is 7. The number of nitro groups is 1. The monoisotopic (exact) mass is 293 g/mol. The number of nitrogens with two attached hydrogens (primary N) is 1. The molecule has 1 aromatic carbocycles. The van der Waals surface area contributed by atoms with Gasteiger partial charge in [0.1, 0.15) is 5.69 Å². The van der Waals surface area contributed by atoms with Crippen LogP contribution in [0.25, 0.3) is 0 Å². The molecular weight excluding hydrogens is 270 g/mol. The number of primary amides is 1. The van der Waals surface area contributed by atoms with E-state index in [2.05, 4.69) is 33.0 Å². The summed E-state index contributed by atoms with van der Waals surface area (Å²) in [7, 11) is 0. The molecule has 1 aromatic rings. The van der Waals surface area contributed by atoms with Crippen molar-refractivity contribution in [1.29, 1.82) is 0 Å². The molecule has 0 aliphatic carbocycles. The number of amides is 1. The van der Waals surface area contributed by atoms with E-state index in [1.165, 1.54) is 18.2 Å². The van der Waals surface area contributed by atoms with E-state index in [0.29, 0.717) is 30.0 Å². The first-order valence-corrected chi connectivity index (χ1v) is 7.06. The first-order chi connectivity index (χ1) is 9.73. The number of hydrogen-bond acceptors (Lipinski definition) is 4. The first kappa shape index (κ1) is 16.9. The summed E-state index contributed by atoms with van der Waals surface area (Å²) < 4.78 is 0. The van der Waals surface area contributed by atoms with E-state index in [0.717, 1.165) is 0 Å². The maximum absolute atomic E-state index is 11.1. The predicted octanol–water partition coefficient (Wildman–Crippen LogP) is 3.03. The SMILES string of the molecule is CC(C)C(CNc1ccc(C(N)=O)cc1[N+](=O)[O-])C(C)C. The molecule has 116 valence electrons. The molecule has 1 rings (SSSR count). The highest BCUT2D eigenvalue weighted by atomic mass is 16.6. The van der Waals surface area contributed by atoms with E-state index < -0.39 is 10.8 Å². The third kappa shape index (κ3) is 4.44. The Labute approximate surface area is 124 Å². The Morgan fingerprint density at radius 2 is 1.86 bits per heavy atom. The molecule has 0 radical (unpaired) electrons. The van der Waals surface area contributed by atoms with E-state index in [1.54, 1.807) is 0 Å². The van der Waals surface area contributed by atoms with E-state index >= 15 is 0 Å². The van der Waals surface area contributed by atoms with E-state index in [4.69, 9.17) is 5.73 Å². The van der Waals surface area contributed by atoms with Crippen molar-refractivity contribution < 1.29 is 9.72 Å². The van der Waals surface area contributed by atoms with Crippen LogP contribution in [0.2, 0.25) is 0 Å². The number of benzene rings is 1. The lowest BCUT2D eigenvalue weighted by Gasteiger charge is -2.25. The van der Waals surface area contributed by atoms with Crippen LogP contribution in [0.5, 0.6) is 0 Å². The Bertz CT molecular complexity index is 519. The van der Waals surface area contributed by atoms with Gasteiger partial charge >= 0.3 is 0 Å². The molecule has 0 heterocycles. The van der Waals surface area contributed by atoms with Gasteiger partial charge in [-0.2, -0.15) is 0 Å². The summed E-state index contributed by atoms with van der Waals surface area (Å²) in [6.45, 7) is 9.19. The van der Waals surface area contributed by atoms with Gasteiger partial charge in [-0.25, -0.2) is 0 Å². The van der Waals surface area contributed by atoms with Gasteiger partial charge in [-0.05, 0) is 29.9 Å². The molecule has 21 heavy (non-hydrogen) atoms. The molecule has 0 aliphatic rings. The molecule has 0 fully saturated rings. The molecular formula is C15H23N3O3. The minimum absolute atomic E-state index is 0.127. The smallest absolute Gasteiger partial charge is 0.293 e. The highest BCUT2D eigenvalue weighted by Crippen LogP contribution is 2.27. The molecule has 0 bridgehead atoms. The maximum Gasteiger partial charge on any atom is 0.293 e. The average molecular weight is 293 g/mol. The van der Waals surface area contributed by atoms with Crippen molar-refractivity contribution in [2.75, 3.05) is 11.9 Å². The summed E-state index contributed by atoms with van der Waals surface area (Å²) in [6, 6.07) is 4.25. The van der Waals surface area contributed by atoms with Crippen molar-refractivity contribution in [2.24, 2.45) is 23.5 Å². The normalized spacial score (nSPS) is 11.2. The van der Waals surface area contributed by atoms with E-state index in [-0.39, 0.29) is 11.3 Å². The van der Waals surface area contributed by atoms with Gasteiger partial charge in [-0.1, -0.05) is 27.7 Å². The standard InChI is InChI=1S/C15H23N3O3/c1-9(2)12(10(3)4)8-17-13-6-5-11(15(16)19)7-14(13)18(20)21/h5-7,9-10,12,17H,8H2,1-4H3,(H2,16,19). The Morgan fingerprint density at radius 3 is 2.29 bits per heavy atom. The summed E-state index contributed by atoms with van der Waals surface area (Å²) >= 11 is 0. The van der Waals surface area contributed by atoms with Gasteiger partial charge in [0.25, 0.3) is 5.69 Å². The zero-order valence-electron chi connectivity index (χ0n) is 12.9. The molecule has 3 N–H and O–H groups in total. The third-order valence-corrected chi connectivity index (χ3v) is 3.72. The number of hydrogen-bond donors (Lipinski definition) is 2. The van der Waals surface area contributed by atoms with Crippen LogP contribution in [-0.2, 0) is 0 Å². The maximum atomic E-state index is 11.1. The van der Waals surface area contributed by atoms with Gasteiger partial charge in [0.05, 0.1) is 4.92 Å². The molecule has 0 aromatic heterocycles. The van der Waals surface area contributed by atoms with Crippen molar-refractivity contribution in [1.82, 2.24) is 0 Å². The van der Waals surface area contributed by atoms with Crippen molar-refractivity contribution in [3.63, 3.8) is 0 Å². The molecule has 6 nitrogen and oxygen atoms in total. The summed E-state index contributed by atoms with van der Waals surface area (Å²) in [5.74, 6) is 0.676. The quantitative estimate of drug-likeness (QED) is 0.596. The molecule has 0 saturated heterocycles. The van der Waals surface area contributed by atoms with Crippen molar-refractivity contribution in [3.8, 4) is 0 Å². The second-order valence-corrected chi connectivity index (χ2v) is 5.89. The van der Waals surface area contributed by atoms with Gasteiger partial charge in [0.15, 0.2) is 0 Å². The average Bonchev–Trinajstić information content (AvgIpc) is 2.37. The third-order valence-electron chi connectivity index (χ3n) is 3.72. The van der Waals surface area contributed by atoms with Gasteiger partial charge in [-0.15, -0.1) is 0 Å². The summed E-state index contributed by atoms with van der Waals surface area (Å²) in [5.41, 5.74) is 5.57. The molecule has 0 saturated carbocycles. The highest BCUT2D eigenvalue weighted by molar-refractivity contribution is 5.94. The lowest BCUT2D eigenvalue weighted by atomic mass is 9.85. The minimum Gasteiger partial charge on any atom is -0.379 e. The van der Waals surface area contributed by atoms with Crippen molar-refractivity contribution in [2.45, 2.75) is 27.7 Å². The predicted molar refractivity (Wildman–Crippen MR) is 83.3 cm³/mol. The van der Waals surface area contributed by atoms with Crippen LogP contribution >= 0.6 is 0 Å².